The maximum atomic E-state index is 12.0. The van der Waals surface area contributed by atoms with Gasteiger partial charge in [-0.05, 0) is 37.6 Å². The fraction of sp³-hybridized carbons (Fsp3) is 0.538. The molecule has 1 aromatic rings. The number of hydrogen-bond donors (Lipinski definition) is 2. The van der Waals surface area contributed by atoms with Crippen LogP contribution in [0.15, 0.2) is 29.2 Å². The molecule has 1 unspecified atom stereocenters. The van der Waals surface area contributed by atoms with E-state index in [1.807, 2.05) is 26.8 Å². The molecule has 0 saturated carbocycles. The summed E-state index contributed by atoms with van der Waals surface area (Å²) in [6, 6.07) is 7.22. The Morgan fingerprint density at radius 3 is 2.61 bits per heavy atom. The topological polar surface area (TPSA) is 58.2 Å². The van der Waals surface area contributed by atoms with E-state index >= 15 is 0 Å². The zero-order valence-corrected chi connectivity index (χ0v) is 12.0. The van der Waals surface area contributed by atoms with Gasteiger partial charge in [0.25, 0.3) is 0 Å². The van der Waals surface area contributed by atoms with Crippen LogP contribution in [0.3, 0.4) is 0 Å². The Bertz CT molecular complexity index is 472. The van der Waals surface area contributed by atoms with E-state index < -0.39 is 10.0 Å². The summed E-state index contributed by atoms with van der Waals surface area (Å²) in [6.07, 6.45) is 0.784. The van der Waals surface area contributed by atoms with E-state index in [0.29, 0.717) is 11.4 Å². The smallest absolute Gasteiger partial charge is 0.240 e. The molecular formula is C13H22N2O2S. The van der Waals surface area contributed by atoms with E-state index in [-0.39, 0.29) is 6.04 Å². The van der Waals surface area contributed by atoms with Crippen molar-refractivity contribution in [3.63, 3.8) is 0 Å². The first-order chi connectivity index (χ1) is 8.51. The first-order valence-electron chi connectivity index (χ1n) is 6.34. The van der Waals surface area contributed by atoms with Crippen LogP contribution in [0.5, 0.6) is 0 Å². The van der Waals surface area contributed by atoms with Crippen LogP contribution in [0, 0.1) is 0 Å². The molecule has 4 nitrogen and oxygen atoms in total. The monoisotopic (exact) mass is 270 g/mol. The third-order valence-electron chi connectivity index (χ3n) is 2.72. The Kier molecular flexibility index (Phi) is 5.78. The molecule has 0 amide bonds. The summed E-state index contributed by atoms with van der Waals surface area (Å²) >= 11 is 0. The highest BCUT2D eigenvalue weighted by atomic mass is 32.2. The lowest BCUT2D eigenvalue weighted by Crippen LogP contribution is -2.25. The molecule has 0 bridgehead atoms. The van der Waals surface area contributed by atoms with Gasteiger partial charge in [0.2, 0.25) is 10.0 Å². The highest BCUT2D eigenvalue weighted by Gasteiger charge is 2.14. The van der Waals surface area contributed by atoms with Crippen LogP contribution in [-0.4, -0.2) is 21.5 Å². The lowest BCUT2D eigenvalue weighted by Gasteiger charge is -2.14. The Labute approximate surface area is 110 Å². The molecular weight excluding hydrogens is 248 g/mol. The second-order valence-corrected chi connectivity index (χ2v) is 6.02. The molecule has 18 heavy (non-hydrogen) atoms. The number of sulfonamides is 1. The molecule has 0 radical (unpaired) electrons. The number of hydrogen-bond acceptors (Lipinski definition) is 3. The van der Waals surface area contributed by atoms with E-state index in [2.05, 4.69) is 10.0 Å². The molecule has 0 aliphatic carbocycles. The van der Waals surface area contributed by atoms with Crippen LogP contribution in [0.4, 0.5) is 0 Å². The zero-order valence-electron chi connectivity index (χ0n) is 11.2. The summed E-state index contributed by atoms with van der Waals surface area (Å²) in [5.41, 5.74) is 0.983. The van der Waals surface area contributed by atoms with E-state index in [4.69, 9.17) is 0 Å². The second kappa shape index (κ2) is 6.87. The van der Waals surface area contributed by atoms with Crippen molar-refractivity contribution < 1.29 is 8.42 Å². The van der Waals surface area contributed by atoms with Gasteiger partial charge in [-0.15, -0.1) is 0 Å². The molecule has 0 aromatic heterocycles. The van der Waals surface area contributed by atoms with Gasteiger partial charge in [0.15, 0.2) is 0 Å². The molecule has 0 fully saturated rings. The van der Waals surface area contributed by atoms with E-state index in [1.54, 1.807) is 18.2 Å². The van der Waals surface area contributed by atoms with E-state index in [1.165, 1.54) is 0 Å². The van der Waals surface area contributed by atoms with Gasteiger partial charge >= 0.3 is 0 Å². The maximum absolute atomic E-state index is 12.0. The van der Waals surface area contributed by atoms with Crippen molar-refractivity contribution >= 4 is 10.0 Å². The first kappa shape index (κ1) is 15.1. The normalized spacial score (nSPS) is 13.5. The van der Waals surface area contributed by atoms with Crippen molar-refractivity contribution in [2.45, 2.75) is 38.1 Å². The van der Waals surface area contributed by atoms with Gasteiger partial charge in [0, 0.05) is 12.6 Å². The highest BCUT2D eigenvalue weighted by molar-refractivity contribution is 7.89. The molecule has 0 heterocycles. The number of benzene rings is 1. The van der Waals surface area contributed by atoms with Crippen molar-refractivity contribution in [3.8, 4) is 0 Å². The van der Waals surface area contributed by atoms with Crippen LogP contribution in [0.2, 0.25) is 0 Å². The van der Waals surface area contributed by atoms with Crippen molar-refractivity contribution in [2.24, 2.45) is 0 Å². The quantitative estimate of drug-likeness (QED) is 0.797. The van der Waals surface area contributed by atoms with Gasteiger partial charge in [0.1, 0.15) is 0 Å². The van der Waals surface area contributed by atoms with Crippen LogP contribution in [0.25, 0.3) is 0 Å². The molecule has 2 N–H and O–H groups in total. The number of nitrogens with one attached hydrogen (secondary N) is 2. The minimum absolute atomic E-state index is 0.149. The molecule has 0 aliphatic rings. The van der Waals surface area contributed by atoms with E-state index in [0.717, 1.165) is 18.5 Å². The Morgan fingerprint density at radius 2 is 2.00 bits per heavy atom. The standard InChI is InChI=1S/C13H22N2O2S/c1-4-9-15-18(16,17)13-8-6-7-12(10-13)11(3)14-5-2/h6-8,10-11,14-15H,4-5,9H2,1-3H3. The van der Waals surface area contributed by atoms with Gasteiger partial charge in [-0.3, -0.25) is 0 Å². The molecule has 5 heteroatoms. The molecule has 1 rings (SSSR count). The lowest BCUT2D eigenvalue weighted by molar-refractivity contribution is 0.578. The van der Waals surface area contributed by atoms with Gasteiger partial charge < -0.3 is 5.32 Å². The van der Waals surface area contributed by atoms with Gasteiger partial charge in [-0.2, -0.15) is 0 Å². The first-order valence-corrected chi connectivity index (χ1v) is 7.82. The third-order valence-corrected chi connectivity index (χ3v) is 4.18. The van der Waals surface area contributed by atoms with Crippen molar-refractivity contribution in [3.05, 3.63) is 29.8 Å². The van der Waals surface area contributed by atoms with Crippen molar-refractivity contribution in [2.75, 3.05) is 13.1 Å². The van der Waals surface area contributed by atoms with Crippen LogP contribution >= 0.6 is 0 Å². The SMILES string of the molecule is CCCNS(=O)(=O)c1cccc(C(C)NCC)c1. The average molecular weight is 270 g/mol. The van der Waals surface area contributed by atoms with Gasteiger partial charge in [0.05, 0.1) is 4.90 Å². The summed E-state index contributed by atoms with van der Waals surface area (Å²) in [6.45, 7) is 7.31. The number of rotatable bonds is 7. The van der Waals surface area contributed by atoms with E-state index in [9.17, 15) is 8.42 Å². The Morgan fingerprint density at radius 1 is 1.28 bits per heavy atom. The largest absolute Gasteiger partial charge is 0.310 e. The predicted molar refractivity (Wildman–Crippen MR) is 74.0 cm³/mol. The van der Waals surface area contributed by atoms with Crippen LogP contribution in [0.1, 0.15) is 38.8 Å². The molecule has 102 valence electrons. The van der Waals surface area contributed by atoms with Gasteiger partial charge in [-0.1, -0.05) is 26.0 Å². The molecule has 0 saturated heterocycles. The fourth-order valence-electron chi connectivity index (χ4n) is 1.69. The summed E-state index contributed by atoms with van der Waals surface area (Å²) in [7, 11) is -3.37. The lowest BCUT2D eigenvalue weighted by atomic mass is 10.1. The van der Waals surface area contributed by atoms with Crippen LogP contribution < -0.4 is 10.0 Å². The summed E-state index contributed by atoms with van der Waals surface area (Å²) in [5.74, 6) is 0. The minimum atomic E-state index is -3.37. The summed E-state index contributed by atoms with van der Waals surface area (Å²) in [5, 5.41) is 3.27. The second-order valence-electron chi connectivity index (χ2n) is 4.25. The average Bonchev–Trinajstić information content (AvgIpc) is 2.37. The molecule has 1 atom stereocenters. The van der Waals surface area contributed by atoms with Crippen LogP contribution in [-0.2, 0) is 10.0 Å². The maximum Gasteiger partial charge on any atom is 0.240 e. The molecule has 0 spiro atoms. The van der Waals surface area contributed by atoms with Crippen molar-refractivity contribution in [1.29, 1.82) is 0 Å². The van der Waals surface area contributed by atoms with Gasteiger partial charge in [-0.25, -0.2) is 13.1 Å². The summed E-state index contributed by atoms with van der Waals surface area (Å²) in [4.78, 5) is 0.332. The minimum Gasteiger partial charge on any atom is -0.310 e. The Balaban J connectivity index is 2.94. The Hall–Kier alpha value is -0.910. The summed E-state index contributed by atoms with van der Waals surface area (Å²) < 4.78 is 26.6. The third kappa shape index (κ3) is 4.08. The zero-order chi connectivity index (χ0) is 13.6. The predicted octanol–water partition coefficient (Wildman–Crippen LogP) is 2.05. The van der Waals surface area contributed by atoms with Crippen molar-refractivity contribution in [1.82, 2.24) is 10.0 Å². The molecule has 0 aliphatic heterocycles. The highest BCUT2D eigenvalue weighted by Crippen LogP contribution is 2.17. The fourth-order valence-corrected chi connectivity index (χ4v) is 2.88. The molecule has 1 aromatic carbocycles.